The number of carbonyl (C=O) groups excluding carboxylic acids is 1. The maximum atomic E-state index is 11.8. The minimum absolute atomic E-state index is 0.212. The van der Waals surface area contributed by atoms with Crippen LogP contribution in [0.3, 0.4) is 0 Å². The Morgan fingerprint density at radius 3 is 2.81 bits per heavy atom. The van der Waals surface area contributed by atoms with Crippen LogP contribution in [0, 0.1) is 0 Å². The Balaban J connectivity index is 2.00. The van der Waals surface area contributed by atoms with Crippen LogP contribution in [-0.2, 0) is 16.0 Å². The number of nitrogens with zero attached hydrogens (tertiary/aromatic N) is 1. The summed E-state index contributed by atoms with van der Waals surface area (Å²) in [5.41, 5.74) is 5.12. The molecule has 3 nitrogen and oxygen atoms in total. The second-order valence-corrected chi connectivity index (χ2v) is 5.78. The molecule has 112 valence electrons. The molecule has 0 saturated carbocycles. The van der Waals surface area contributed by atoms with Gasteiger partial charge in [-0.25, -0.2) is 4.79 Å². The number of fused-ring (bicyclic) bond motifs is 1. The zero-order valence-electron chi connectivity index (χ0n) is 12.7. The summed E-state index contributed by atoms with van der Waals surface area (Å²) in [5, 5.41) is 0. The van der Waals surface area contributed by atoms with Crippen LogP contribution in [0.4, 0.5) is 5.69 Å². The lowest BCUT2D eigenvalue weighted by Gasteiger charge is -2.27. The molecule has 21 heavy (non-hydrogen) atoms. The van der Waals surface area contributed by atoms with Gasteiger partial charge in [-0.3, -0.25) is 0 Å². The number of aryl methyl sites for hydroxylation is 1. The monoisotopic (exact) mass is 285 g/mol. The van der Waals surface area contributed by atoms with E-state index in [1.165, 1.54) is 29.7 Å². The Morgan fingerprint density at radius 1 is 1.24 bits per heavy atom. The van der Waals surface area contributed by atoms with Gasteiger partial charge in [0.15, 0.2) is 0 Å². The fourth-order valence-corrected chi connectivity index (χ4v) is 3.45. The van der Waals surface area contributed by atoms with Gasteiger partial charge in [0.25, 0.3) is 0 Å². The highest BCUT2D eigenvalue weighted by Gasteiger charge is 2.23. The van der Waals surface area contributed by atoms with Crippen LogP contribution in [0.1, 0.15) is 43.7 Å². The zero-order valence-corrected chi connectivity index (χ0v) is 12.7. The van der Waals surface area contributed by atoms with E-state index in [1.807, 2.05) is 6.92 Å². The molecule has 2 aliphatic rings. The standard InChI is InChI=1S/C18H23NO2/c1-2-21-17(20)13-15-9-5-7-14-8-6-10-16(18(14)15)19-11-3-4-12-19/h6,8,10,13H,2-5,7,9,11-12H2,1H3/b15-13+. The maximum Gasteiger partial charge on any atom is 0.331 e. The largest absolute Gasteiger partial charge is 0.463 e. The highest BCUT2D eigenvalue weighted by molar-refractivity contribution is 5.94. The summed E-state index contributed by atoms with van der Waals surface area (Å²) in [7, 11) is 0. The van der Waals surface area contributed by atoms with Gasteiger partial charge < -0.3 is 9.64 Å². The molecule has 1 aliphatic heterocycles. The van der Waals surface area contributed by atoms with Crippen LogP contribution < -0.4 is 4.90 Å². The molecular formula is C18H23NO2. The van der Waals surface area contributed by atoms with E-state index >= 15 is 0 Å². The number of hydrogen-bond donors (Lipinski definition) is 0. The topological polar surface area (TPSA) is 29.5 Å². The molecule has 1 aromatic carbocycles. The van der Waals surface area contributed by atoms with Gasteiger partial charge in [-0.2, -0.15) is 0 Å². The summed E-state index contributed by atoms with van der Waals surface area (Å²) in [4.78, 5) is 14.3. The molecule has 1 fully saturated rings. The number of hydrogen-bond acceptors (Lipinski definition) is 3. The molecule has 1 saturated heterocycles. The zero-order chi connectivity index (χ0) is 14.7. The summed E-state index contributed by atoms with van der Waals surface area (Å²) in [5.74, 6) is -0.212. The molecule has 3 rings (SSSR count). The molecular weight excluding hydrogens is 262 g/mol. The number of esters is 1. The van der Waals surface area contributed by atoms with Crippen molar-refractivity contribution in [2.45, 2.75) is 39.0 Å². The van der Waals surface area contributed by atoms with Crippen molar-refractivity contribution < 1.29 is 9.53 Å². The Morgan fingerprint density at radius 2 is 2.05 bits per heavy atom. The van der Waals surface area contributed by atoms with Gasteiger partial charge in [0.1, 0.15) is 0 Å². The first kappa shape index (κ1) is 14.2. The van der Waals surface area contributed by atoms with Crippen molar-refractivity contribution in [1.82, 2.24) is 0 Å². The molecule has 0 unspecified atom stereocenters. The van der Waals surface area contributed by atoms with Crippen molar-refractivity contribution in [3.8, 4) is 0 Å². The lowest BCUT2D eigenvalue weighted by atomic mass is 9.85. The van der Waals surface area contributed by atoms with E-state index in [0.717, 1.165) is 37.9 Å². The molecule has 1 aromatic rings. The van der Waals surface area contributed by atoms with Gasteiger partial charge in [-0.1, -0.05) is 12.1 Å². The number of rotatable bonds is 3. The second-order valence-electron chi connectivity index (χ2n) is 5.78. The van der Waals surface area contributed by atoms with Gasteiger partial charge in [-0.15, -0.1) is 0 Å². The fourth-order valence-electron chi connectivity index (χ4n) is 3.45. The molecule has 0 N–H and O–H groups in total. The van der Waals surface area contributed by atoms with Crippen LogP contribution in [0.15, 0.2) is 24.3 Å². The van der Waals surface area contributed by atoms with Crippen molar-refractivity contribution in [1.29, 1.82) is 0 Å². The van der Waals surface area contributed by atoms with Crippen LogP contribution in [-0.4, -0.2) is 25.7 Å². The SMILES string of the molecule is CCOC(=O)/C=C1\CCCc2cccc(N3CCCC3)c21. The van der Waals surface area contributed by atoms with E-state index in [9.17, 15) is 4.79 Å². The predicted molar refractivity (Wildman–Crippen MR) is 85.4 cm³/mol. The highest BCUT2D eigenvalue weighted by Crippen LogP contribution is 2.38. The fraction of sp³-hybridized carbons (Fsp3) is 0.500. The number of allylic oxidation sites excluding steroid dienone is 1. The molecule has 0 amide bonds. The molecule has 0 bridgehead atoms. The Hall–Kier alpha value is -1.77. The normalized spacial score (nSPS) is 19.7. The van der Waals surface area contributed by atoms with E-state index in [-0.39, 0.29) is 5.97 Å². The van der Waals surface area contributed by atoms with Crippen LogP contribution in [0.25, 0.3) is 5.57 Å². The van der Waals surface area contributed by atoms with Crippen molar-refractivity contribution in [3.05, 3.63) is 35.4 Å². The highest BCUT2D eigenvalue weighted by atomic mass is 16.5. The number of ether oxygens (including phenoxy) is 1. The summed E-state index contributed by atoms with van der Waals surface area (Å²) in [6.07, 6.45) is 7.43. The van der Waals surface area contributed by atoms with Crippen LogP contribution in [0.2, 0.25) is 0 Å². The number of carbonyl (C=O) groups is 1. The third-order valence-corrected chi connectivity index (χ3v) is 4.37. The Bertz CT molecular complexity index is 556. The first-order chi connectivity index (χ1) is 10.3. The first-order valence-corrected chi connectivity index (χ1v) is 8.04. The first-order valence-electron chi connectivity index (χ1n) is 8.04. The van der Waals surface area contributed by atoms with E-state index in [1.54, 1.807) is 6.08 Å². The van der Waals surface area contributed by atoms with E-state index < -0.39 is 0 Å². The van der Waals surface area contributed by atoms with Crippen molar-refractivity contribution in [3.63, 3.8) is 0 Å². The van der Waals surface area contributed by atoms with Gasteiger partial charge in [0.05, 0.1) is 6.61 Å². The van der Waals surface area contributed by atoms with Crippen LogP contribution in [0.5, 0.6) is 0 Å². The minimum Gasteiger partial charge on any atom is -0.463 e. The predicted octanol–water partition coefficient (Wildman–Crippen LogP) is 3.57. The molecule has 0 radical (unpaired) electrons. The third kappa shape index (κ3) is 2.97. The van der Waals surface area contributed by atoms with E-state index in [4.69, 9.17) is 4.74 Å². The lowest BCUT2D eigenvalue weighted by Crippen LogP contribution is -2.21. The van der Waals surface area contributed by atoms with Gasteiger partial charge in [0, 0.05) is 30.4 Å². The third-order valence-electron chi connectivity index (χ3n) is 4.37. The Labute approximate surface area is 126 Å². The van der Waals surface area contributed by atoms with E-state index in [2.05, 4.69) is 23.1 Å². The quantitative estimate of drug-likeness (QED) is 0.628. The smallest absolute Gasteiger partial charge is 0.331 e. The van der Waals surface area contributed by atoms with Crippen LogP contribution >= 0.6 is 0 Å². The molecule has 1 aliphatic carbocycles. The summed E-state index contributed by atoms with van der Waals surface area (Å²) in [6, 6.07) is 6.56. The molecule has 0 atom stereocenters. The molecule has 3 heteroatoms. The lowest BCUT2D eigenvalue weighted by molar-refractivity contribution is -0.137. The summed E-state index contributed by atoms with van der Waals surface area (Å²) in [6.45, 7) is 4.54. The average molecular weight is 285 g/mol. The van der Waals surface area contributed by atoms with Gasteiger partial charge in [0.2, 0.25) is 0 Å². The Kier molecular flexibility index (Phi) is 4.28. The van der Waals surface area contributed by atoms with Crippen molar-refractivity contribution >= 4 is 17.2 Å². The number of anilines is 1. The molecule has 0 spiro atoms. The summed E-state index contributed by atoms with van der Waals surface area (Å²) < 4.78 is 5.10. The molecule has 0 aromatic heterocycles. The summed E-state index contributed by atoms with van der Waals surface area (Å²) >= 11 is 0. The second kappa shape index (κ2) is 6.33. The minimum atomic E-state index is -0.212. The van der Waals surface area contributed by atoms with Gasteiger partial charge in [-0.05, 0) is 56.2 Å². The number of benzene rings is 1. The average Bonchev–Trinajstić information content (AvgIpc) is 3.01. The molecule has 1 heterocycles. The van der Waals surface area contributed by atoms with Crippen molar-refractivity contribution in [2.24, 2.45) is 0 Å². The van der Waals surface area contributed by atoms with Gasteiger partial charge >= 0.3 is 5.97 Å². The van der Waals surface area contributed by atoms with Crippen molar-refractivity contribution in [2.75, 3.05) is 24.6 Å². The van der Waals surface area contributed by atoms with E-state index in [0.29, 0.717) is 6.61 Å². The maximum absolute atomic E-state index is 11.8.